The molecular weight excluding hydrogens is 256 g/mol. The number of ether oxygens (including phenoxy) is 1. The van der Waals surface area contributed by atoms with Gasteiger partial charge in [0.1, 0.15) is 0 Å². The lowest BCUT2D eigenvalue weighted by atomic mass is 10.2. The van der Waals surface area contributed by atoms with Crippen LogP contribution in [0.2, 0.25) is 0 Å². The quantitative estimate of drug-likeness (QED) is 0.903. The van der Waals surface area contributed by atoms with Crippen molar-refractivity contribution in [1.82, 2.24) is 20.1 Å². The molecule has 0 aromatic carbocycles. The normalized spacial score (nSPS) is 12.8. The fourth-order valence-electron chi connectivity index (χ4n) is 2.04. The van der Waals surface area contributed by atoms with Crippen LogP contribution in [-0.2, 0) is 4.74 Å². The van der Waals surface area contributed by atoms with Crippen molar-refractivity contribution in [2.75, 3.05) is 13.7 Å². The van der Waals surface area contributed by atoms with Gasteiger partial charge in [-0.25, -0.2) is 9.67 Å². The first-order valence-electron chi connectivity index (χ1n) is 6.66. The topological polar surface area (TPSA) is 69.0 Å². The zero-order valence-electron chi connectivity index (χ0n) is 12.3. The van der Waals surface area contributed by atoms with Crippen molar-refractivity contribution in [3.8, 4) is 0 Å². The lowest BCUT2D eigenvalue weighted by Gasteiger charge is -2.12. The predicted molar refractivity (Wildman–Crippen MR) is 76.7 cm³/mol. The maximum atomic E-state index is 12.1. The second-order valence-electron chi connectivity index (χ2n) is 5.15. The molecule has 0 bridgehead atoms. The van der Waals surface area contributed by atoms with Crippen molar-refractivity contribution in [3.63, 3.8) is 0 Å². The molecule has 2 heterocycles. The Kier molecular flexibility index (Phi) is 4.34. The van der Waals surface area contributed by atoms with Gasteiger partial charge >= 0.3 is 0 Å². The van der Waals surface area contributed by atoms with Crippen LogP contribution in [0.15, 0.2) is 18.5 Å². The van der Waals surface area contributed by atoms with Crippen LogP contribution >= 0.6 is 0 Å². The van der Waals surface area contributed by atoms with Crippen LogP contribution in [0.5, 0.6) is 0 Å². The van der Waals surface area contributed by atoms with Gasteiger partial charge in [0, 0.05) is 30.8 Å². The Morgan fingerprint density at radius 2 is 2.15 bits per heavy atom. The van der Waals surface area contributed by atoms with E-state index in [1.807, 2.05) is 31.5 Å². The summed E-state index contributed by atoms with van der Waals surface area (Å²) in [5.41, 5.74) is 1.32. The summed E-state index contributed by atoms with van der Waals surface area (Å²) < 4.78 is 6.83. The third kappa shape index (κ3) is 2.96. The van der Waals surface area contributed by atoms with Crippen molar-refractivity contribution in [3.05, 3.63) is 24.0 Å². The maximum Gasteiger partial charge on any atom is 0.253 e. The molecule has 0 unspecified atom stereocenters. The molecule has 0 aliphatic rings. The molecule has 2 rings (SSSR count). The van der Waals surface area contributed by atoms with Crippen molar-refractivity contribution in [1.29, 1.82) is 0 Å². The van der Waals surface area contributed by atoms with Gasteiger partial charge in [0.15, 0.2) is 5.65 Å². The van der Waals surface area contributed by atoms with Gasteiger partial charge in [0.05, 0.1) is 18.4 Å². The number of nitrogens with one attached hydrogen (secondary N) is 1. The molecule has 0 spiro atoms. The zero-order valence-corrected chi connectivity index (χ0v) is 12.3. The van der Waals surface area contributed by atoms with E-state index in [0.29, 0.717) is 12.2 Å². The molecule has 1 atom stereocenters. The van der Waals surface area contributed by atoms with Crippen molar-refractivity contribution >= 4 is 16.9 Å². The summed E-state index contributed by atoms with van der Waals surface area (Å²) in [5, 5.41) is 8.01. The summed E-state index contributed by atoms with van der Waals surface area (Å²) in [7, 11) is 1.61. The van der Waals surface area contributed by atoms with Crippen LogP contribution in [0, 0.1) is 0 Å². The van der Waals surface area contributed by atoms with E-state index in [1.54, 1.807) is 19.5 Å². The second-order valence-corrected chi connectivity index (χ2v) is 5.15. The Balaban J connectivity index is 2.22. The van der Waals surface area contributed by atoms with Gasteiger partial charge in [-0.2, -0.15) is 5.10 Å². The molecule has 1 N–H and O–H groups in total. The van der Waals surface area contributed by atoms with Gasteiger partial charge in [-0.15, -0.1) is 0 Å². The number of methoxy groups -OCH3 is 1. The number of pyridine rings is 1. The van der Waals surface area contributed by atoms with E-state index in [4.69, 9.17) is 4.74 Å². The number of nitrogens with zero attached hydrogens (tertiary/aromatic N) is 3. The summed E-state index contributed by atoms with van der Waals surface area (Å²) in [5.74, 6) is -0.152. The fraction of sp³-hybridized carbons (Fsp3) is 0.500. The lowest BCUT2D eigenvalue weighted by Crippen LogP contribution is -2.35. The molecule has 2 aromatic rings. The zero-order chi connectivity index (χ0) is 14.7. The minimum absolute atomic E-state index is 0.0402. The van der Waals surface area contributed by atoms with Crippen molar-refractivity contribution in [2.24, 2.45) is 0 Å². The molecule has 1 amide bonds. The molecule has 6 nitrogen and oxygen atoms in total. The Hall–Kier alpha value is -1.95. The molecule has 108 valence electrons. The number of carbonyl (C=O) groups is 1. The van der Waals surface area contributed by atoms with Gasteiger partial charge < -0.3 is 10.1 Å². The smallest absolute Gasteiger partial charge is 0.253 e. The molecule has 0 saturated carbocycles. The summed E-state index contributed by atoms with van der Waals surface area (Å²) in [6, 6.07) is 2.01. The van der Waals surface area contributed by atoms with Gasteiger partial charge in [-0.05, 0) is 26.8 Å². The highest BCUT2D eigenvalue weighted by Crippen LogP contribution is 2.16. The molecular formula is C14H20N4O2. The minimum atomic E-state index is -0.152. The van der Waals surface area contributed by atoms with Crippen LogP contribution in [0.1, 0.15) is 37.2 Å². The first-order valence-corrected chi connectivity index (χ1v) is 6.66. The van der Waals surface area contributed by atoms with Gasteiger partial charge in [-0.3, -0.25) is 4.79 Å². The number of aromatic nitrogens is 3. The van der Waals surface area contributed by atoms with Crippen LogP contribution in [-0.4, -0.2) is 40.4 Å². The minimum Gasteiger partial charge on any atom is -0.383 e. The number of rotatable bonds is 5. The third-order valence-electron chi connectivity index (χ3n) is 2.98. The summed E-state index contributed by atoms with van der Waals surface area (Å²) in [6.45, 7) is 6.46. The first-order chi connectivity index (χ1) is 9.52. The molecule has 0 radical (unpaired) electrons. The molecule has 6 heteroatoms. The lowest BCUT2D eigenvalue weighted by molar-refractivity contribution is 0.0905. The number of carbonyl (C=O) groups excluding carboxylic acids is 1. The van der Waals surface area contributed by atoms with Gasteiger partial charge in [0.25, 0.3) is 5.91 Å². The van der Waals surface area contributed by atoms with Gasteiger partial charge in [-0.1, -0.05) is 0 Å². The Morgan fingerprint density at radius 3 is 2.80 bits per heavy atom. The molecule has 0 aliphatic carbocycles. The summed E-state index contributed by atoms with van der Waals surface area (Å²) >= 11 is 0. The molecule has 2 aromatic heterocycles. The van der Waals surface area contributed by atoms with E-state index in [1.165, 1.54) is 0 Å². The highest BCUT2D eigenvalue weighted by atomic mass is 16.5. The molecule has 0 saturated heterocycles. The van der Waals surface area contributed by atoms with E-state index in [9.17, 15) is 4.79 Å². The molecule has 0 fully saturated rings. The highest BCUT2D eigenvalue weighted by molar-refractivity contribution is 5.96. The van der Waals surface area contributed by atoms with Crippen LogP contribution < -0.4 is 5.32 Å². The monoisotopic (exact) mass is 276 g/mol. The van der Waals surface area contributed by atoms with Crippen LogP contribution in [0.4, 0.5) is 0 Å². The van der Waals surface area contributed by atoms with E-state index in [2.05, 4.69) is 15.4 Å². The second kappa shape index (κ2) is 6.00. The SMILES string of the molecule is COC[C@H](C)NC(=O)c1cnc2c(cnn2C(C)C)c1. The average molecular weight is 276 g/mol. The number of hydrogen-bond donors (Lipinski definition) is 1. The third-order valence-corrected chi connectivity index (χ3v) is 2.98. The predicted octanol–water partition coefficient (Wildman–Crippen LogP) is 1.78. The van der Waals surface area contributed by atoms with E-state index in [0.717, 1.165) is 11.0 Å². The summed E-state index contributed by atoms with van der Waals surface area (Å²) in [4.78, 5) is 16.4. The van der Waals surface area contributed by atoms with Crippen LogP contribution in [0.3, 0.4) is 0 Å². The van der Waals surface area contributed by atoms with Gasteiger partial charge in [0.2, 0.25) is 0 Å². The average Bonchev–Trinajstić information content (AvgIpc) is 2.81. The van der Waals surface area contributed by atoms with Crippen molar-refractivity contribution < 1.29 is 9.53 Å². The Morgan fingerprint density at radius 1 is 1.40 bits per heavy atom. The van der Waals surface area contributed by atoms with E-state index >= 15 is 0 Å². The fourth-order valence-corrected chi connectivity index (χ4v) is 2.04. The van der Waals surface area contributed by atoms with E-state index < -0.39 is 0 Å². The Bertz CT molecular complexity index is 606. The largest absolute Gasteiger partial charge is 0.383 e. The van der Waals surface area contributed by atoms with Crippen molar-refractivity contribution in [2.45, 2.75) is 32.9 Å². The molecule has 20 heavy (non-hydrogen) atoms. The Labute approximate surface area is 118 Å². The summed E-state index contributed by atoms with van der Waals surface area (Å²) in [6.07, 6.45) is 3.31. The first kappa shape index (κ1) is 14.5. The molecule has 0 aliphatic heterocycles. The number of hydrogen-bond acceptors (Lipinski definition) is 4. The number of amides is 1. The highest BCUT2D eigenvalue weighted by Gasteiger charge is 2.13. The van der Waals surface area contributed by atoms with Crippen LogP contribution in [0.25, 0.3) is 11.0 Å². The standard InChI is InChI=1S/C14H20N4O2/c1-9(2)18-13-11(7-16-18)5-12(6-15-13)14(19)17-10(3)8-20-4/h5-7,9-10H,8H2,1-4H3,(H,17,19)/t10-/m0/s1. The number of fused-ring (bicyclic) bond motifs is 1. The maximum absolute atomic E-state index is 12.1. The van der Waals surface area contributed by atoms with E-state index in [-0.39, 0.29) is 18.0 Å².